The van der Waals surface area contributed by atoms with Crippen molar-refractivity contribution in [3.63, 3.8) is 0 Å². The van der Waals surface area contributed by atoms with Crippen molar-refractivity contribution in [2.75, 3.05) is 0 Å². The van der Waals surface area contributed by atoms with Gasteiger partial charge in [0.15, 0.2) is 0 Å². The molecule has 0 N–H and O–H groups in total. The van der Waals surface area contributed by atoms with Crippen molar-refractivity contribution in [3.05, 3.63) is 42.2 Å². The van der Waals surface area contributed by atoms with Gasteiger partial charge in [-0.15, -0.1) is 0 Å². The van der Waals surface area contributed by atoms with E-state index in [0.717, 1.165) is 5.92 Å². The standard InChI is InChI=1S/C18H23N/c1-2-4-8-15(9-5-3-1)12-18-13-16-10-6-7-11-17(16)14-19-18/h6-7,10-11,13-15H,1-5,8-9,12H2. The Balaban J connectivity index is 1.72. The zero-order valence-corrected chi connectivity index (χ0v) is 11.6. The number of fused-ring (bicyclic) bond motifs is 1. The maximum atomic E-state index is 4.66. The minimum atomic E-state index is 0.856. The van der Waals surface area contributed by atoms with Crippen LogP contribution in [0.5, 0.6) is 0 Å². The first kappa shape index (κ1) is 12.7. The van der Waals surface area contributed by atoms with E-state index in [1.807, 2.05) is 6.20 Å². The number of benzene rings is 1. The van der Waals surface area contributed by atoms with E-state index in [1.54, 1.807) is 0 Å². The molecule has 1 aliphatic carbocycles. The van der Waals surface area contributed by atoms with Crippen LogP contribution in [0.15, 0.2) is 36.5 Å². The zero-order valence-electron chi connectivity index (χ0n) is 11.6. The van der Waals surface area contributed by atoms with Gasteiger partial charge in [-0.05, 0) is 23.8 Å². The summed E-state index contributed by atoms with van der Waals surface area (Å²) in [6.07, 6.45) is 13.1. The highest BCUT2D eigenvalue weighted by Gasteiger charge is 2.12. The fourth-order valence-electron chi connectivity index (χ4n) is 3.28. The highest BCUT2D eigenvalue weighted by atomic mass is 14.7. The molecule has 19 heavy (non-hydrogen) atoms. The third-order valence-electron chi connectivity index (χ3n) is 4.41. The van der Waals surface area contributed by atoms with Gasteiger partial charge in [-0.1, -0.05) is 69.2 Å². The Bertz CT molecular complexity index is 524. The second kappa shape index (κ2) is 6.18. The van der Waals surface area contributed by atoms with Crippen molar-refractivity contribution in [3.8, 4) is 0 Å². The van der Waals surface area contributed by atoms with E-state index >= 15 is 0 Å². The lowest BCUT2D eigenvalue weighted by Crippen LogP contribution is -2.08. The van der Waals surface area contributed by atoms with Gasteiger partial charge >= 0.3 is 0 Å². The Labute approximate surface area is 116 Å². The number of nitrogens with zero attached hydrogens (tertiary/aromatic N) is 1. The van der Waals surface area contributed by atoms with Crippen LogP contribution < -0.4 is 0 Å². The van der Waals surface area contributed by atoms with E-state index in [0.29, 0.717) is 0 Å². The highest BCUT2D eigenvalue weighted by Crippen LogP contribution is 2.25. The van der Waals surface area contributed by atoms with Crippen molar-refractivity contribution in [1.82, 2.24) is 4.98 Å². The van der Waals surface area contributed by atoms with Crippen LogP contribution in [0.4, 0.5) is 0 Å². The van der Waals surface area contributed by atoms with Crippen molar-refractivity contribution >= 4 is 10.8 Å². The molecular weight excluding hydrogens is 230 g/mol. The Morgan fingerprint density at radius 2 is 1.58 bits per heavy atom. The molecule has 2 aromatic rings. The van der Waals surface area contributed by atoms with Crippen LogP contribution in [0.25, 0.3) is 10.8 Å². The van der Waals surface area contributed by atoms with Crippen LogP contribution in [-0.4, -0.2) is 4.98 Å². The third kappa shape index (κ3) is 3.34. The van der Waals surface area contributed by atoms with Crippen molar-refractivity contribution in [2.45, 2.75) is 51.4 Å². The Kier molecular flexibility index (Phi) is 4.12. The molecule has 1 nitrogen and oxygen atoms in total. The smallest absolute Gasteiger partial charge is 0.0412 e. The molecule has 0 atom stereocenters. The second-order valence-corrected chi connectivity index (χ2v) is 5.94. The largest absolute Gasteiger partial charge is 0.261 e. The Hall–Kier alpha value is -1.37. The molecule has 1 heterocycles. The first-order chi connectivity index (χ1) is 9.42. The van der Waals surface area contributed by atoms with Gasteiger partial charge < -0.3 is 0 Å². The summed E-state index contributed by atoms with van der Waals surface area (Å²) < 4.78 is 0. The van der Waals surface area contributed by atoms with E-state index in [-0.39, 0.29) is 0 Å². The van der Waals surface area contributed by atoms with E-state index in [1.165, 1.54) is 67.8 Å². The topological polar surface area (TPSA) is 12.9 Å². The zero-order chi connectivity index (χ0) is 12.9. The predicted octanol–water partition coefficient (Wildman–Crippen LogP) is 5.14. The van der Waals surface area contributed by atoms with Gasteiger partial charge in [-0.25, -0.2) is 0 Å². The lowest BCUT2D eigenvalue weighted by molar-refractivity contribution is 0.374. The molecule has 0 bridgehead atoms. The van der Waals surface area contributed by atoms with Gasteiger partial charge in [0.05, 0.1) is 0 Å². The first-order valence-electron chi connectivity index (χ1n) is 7.75. The quantitative estimate of drug-likeness (QED) is 0.722. The molecule has 0 aliphatic heterocycles. The third-order valence-corrected chi connectivity index (χ3v) is 4.41. The first-order valence-corrected chi connectivity index (χ1v) is 7.75. The summed E-state index contributed by atoms with van der Waals surface area (Å²) in [4.78, 5) is 4.66. The molecule has 100 valence electrons. The molecule has 1 saturated carbocycles. The summed E-state index contributed by atoms with van der Waals surface area (Å²) in [5.74, 6) is 0.856. The summed E-state index contributed by atoms with van der Waals surface area (Å²) in [6.45, 7) is 0. The Morgan fingerprint density at radius 1 is 0.895 bits per heavy atom. The lowest BCUT2D eigenvalue weighted by atomic mass is 9.88. The molecule has 1 heteroatoms. The molecule has 1 fully saturated rings. The van der Waals surface area contributed by atoms with Crippen molar-refractivity contribution < 1.29 is 0 Å². The maximum absolute atomic E-state index is 4.66. The summed E-state index contributed by atoms with van der Waals surface area (Å²) >= 11 is 0. The number of aromatic nitrogens is 1. The van der Waals surface area contributed by atoms with Crippen molar-refractivity contribution in [1.29, 1.82) is 0 Å². The van der Waals surface area contributed by atoms with E-state index in [9.17, 15) is 0 Å². The fourth-order valence-corrected chi connectivity index (χ4v) is 3.28. The summed E-state index contributed by atoms with van der Waals surface area (Å²) in [5, 5.41) is 2.59. The number of hydrogen-bond donors (Lipinski definition) is 0. The lowest BCUT2D eigenvalue weighted by Gasteiger charge is -2.19. The van der Waals surface area contributed by atoms with Crippen LogP contribution in [0.1, 0.15) is 50.6 Å². The monoisotopic (exact) mass is 253 g/mol. The molecule has 0 spiro atoms. The average molecular weight is 253 g/mol. The van der Waals surface area contributed by atoms with E-state index < -0.39 is 0 Å². The van der Waals surface area contributed by atoms with Gasteiger partial charge in [-0.2, -0.15) is 0 Å². The normalized spacial score (nSPS) is 18.1. The minimum Gasteiger partial charge on any atom is -0.261 e. The fraction of sp³-hybridized carbons (Fsp3) is 0.500. The Morgan fingerprint density at radius 3 is 2.37 bits per heavy atom. The van der Waals surface area contributed by atoms with Crippen LogP contribution in [-0.2, 0) is 6.42 Å². The molecule has 1 aromatic heterocycles. The molecule has 3 rings (SSSR count). The van der Waals surface area contributed by atoms with Gasteiger partial charge in [0.25, 0.3) is 0 Å². The minimum absolute atomic E-state index is 0.856. The molecule has 0 amide bonds. The summed E-state index contributed by atoms with van der Waals surface area (Å²) in [6, 6.07) is 10.8. The SMILES string of the molecule is c1ccc2cc(CC3CCCCCCC3)ncc2c1. The van der Waals surface area contributed by atoms with Crippen LogP contribution in [0, 0.1) is 5.92 Å². The summed E-state index contributed by atoms with van der Waals surface area (Å²) in [5.41, 5.74) is 1.28. The summed E-state index contributed by atoms with van der Waals surface area (Å²) in [7, 11) is 0. The average Bonchev–Trinajstić information content (AvgIpc) is 2.41. The van der Waals surface area contributed by atoms with Gasteiger partial charge in [0.2, 0.25) is 0 Å². The number of rotatable bonds is 2. The number of hydrogen-bond acceptors (Lipinski definition) is 1. The van der Waals surface area contributed by atoms with Crippen LogP contribution in [0.2, 0.25) is 0 Å². The van der Waals surface area contributed by atoms with Gasteiger partial charge in [0, 0.05) is 17.3 Å². The molecule has 1 aromatic carbocycles. The predicted molar refractivity (Wildman–Crippen MR) is 81.3 cm³/mol. The molecular formula is C18H23N. The van der Waals surface area contributed by atoms with Crippen LogP contribution in [0.3, 0.4) is 0 Å². The molecule has 0 unspecified atom stereocenters. The second-order valence-electron chi connectivity index (χ2n) is 5.94. The van der Waals surface area contributed by atoms with Gasteiger partial charge in [-0.3, -0.25) is 4.98 Å². The van der Waals surface area contributed by atoms with Crippen LogP contribution >= 0.6 is 0 Å². The van der Waals surface area contributed by atoms with Crippen molar-refractivity contribution in [2.24, 2.45) is 5.92 Å². The van der Waals surface area contributed by atoms with E-state index in [4.69, 9.17) is 0 Å². The molecule has 0 saturated heterocycles. The maximum Gasteiger partial charge on any atom is 0.0412 e. The van der Waals surface area contributed by atoms with E-state index in [2.05, 4.69) is 35.3 Å². The molecule has 1 aliphatic rings. The molecule has 0 radical (unpaired) electrons. The number of pyridine rings is 1. The highest BCUT2D eigenvalue weighted by molar-refractivity contribution is 5.81. The van der Waals surface area contributed by atoms with Gasteiger partial charge in [0.1, 0.15) is 0 Å².